The molecule has 4 heteroatoms. The molecule has 0 aromatic heterocycles. The Bertz CT molecular complexity index is 659. The van der Waals surface area contributed by atoms with Crippen LogP contribution in [0, 0.1) is 26.6 Å². The normalized spacial score (nSPS) is 12.4. The number of nitrogen functional groups attached to an aromatic ring is 1. The van der Waals surface area contributed by atoms with E-state index >= 15 is 0 Å². The van der Waals surface area contributed by atoms with Gasteiger partial charge in [0, 0.05) is 5.69 Å². The van der Waals surface area contributed by atoms with Crippen LogP contribution in [0.4, 0.5) is 10.1 Å². The van der Waals surface area contributed by atoms with Crippen molar-refractivity contribution in [3.63, 3.8) is 0 Å². The Balaban J connectivity index is 2.35. The first kappa shape index (κ1) is 14.7. The van der Waals surface area contributed by atoms with E-state index in [4.69, 9.17) is 5.73 Å². The highest BCUT2D eigenvalue weighted by molar-refractivity contribution is 7.84. The van der Waals surface area contributed by atoms with Gasteiger partial charge in [0.05, 0.1) is 21.4 Å². The fourth-order valence-electron chi connectivity index (χ4n) is 2.35. The van der Waals surface area contributed by atoms with E-state index in [1.165, 1.54) is 23.8 Å². The molecule has 0 bridgehead atoms. The van der Waals surface area contributed by atoms with Gasteiger partial charge in [-0.2, -0.15) is 0 Å². The molecule has 0 aliphatic heterocycles. The van der Waals surface area contributed by atoms with Crippen LogP contribution in [0.3, 0.4) is 0 Å². The van der Waals surface area contributed by atoms with E-state index < -0.39 is 16.6 Å². The van der Waals surface area contributed by atoms with Gasteiger partial charge in [-0.3, -0.25) is 4.21 Å². The predicted molar refractivity (Wildman–Crippen MR) is 81.6 cm³/mol. The summed E-state index contributed by atoms with van der Waals surface area (Å²) in [7, 11) is -1.35. The molecule has 0 amide bonds. The van der Waals surface area contributed by atoms with Crippen LogP contribution in [0.1, 0.15) is 22.3 Å². The van der Waals surface area contributed by atoms with Gasteiger partial charge in [0.2, 0.25) is 0 Å². The van der Waals surface area contributed by atoms with Gasteiger partial charge < -0.3 is 5.73 Å². The van der Waals surface area contributed by atoms with E-state index in [0.29, 0.717) is 16.3 Å². The van der Waals surface area contributed by atoms with Crippen molar-refractivity contribution in [2.24, 2.45) is 0 Å². The summed E-state index contributed by atoms with van der Waals surface area (Å²) in [5.41, 5.74) is 10.6. The fraction of sp³-hybridized carbons (Fsp3) is 0.250. The fourth-order valence-corrected chi connectivity index (χ4v) is 3.80. The quantitative estimate of drug-likeness (QED) is 0.877. The molecule has 1 unspecified atom stereocenters. The molecule has 0 saturated carbocycles. The van der Waals surface area contributed by atoms with Crippen LogP contribution in [-0.2, 0) is 16.6 Å². The summed E-state index contributed by atoms with van der Waals surface area (Å²) >= 11 is 0. The second kappa shape index (κ2) is 5.75. The average molecular weight is 291 g/mol. The van der Waals surface area contributed by atoms with Crippen molar-refractivity contribution in [1.29, 1.82) is 0 Å². The molecule has 2 aromatic rings. The monoisotopic (exact) mass is 291 g/mol. The van der Waals surface area contributed by atoms with Crippen LogP contribution in [-0.4, -0.2) is 4.21 Å². The lowest BCUT2D eigenvalue weighted by Gasteiger charge is -2.12. The van der Waals surface area contributed by atoms with Crippen molar-refractivity contribution in [2.75, 3.05) is 5.73 Å². The lowest BCUT2D eigenvalue weighted by molar-refractivity contribution is 0.623. The highest BCUT2D eigenvalue weighted by atomic mass is 32.2. The second-order valence-electron chi connectivity index (χ2n) is 5.05. The van der Waals surface area contributed by atoms with Crippen LogP contribution < -0.4 is 5.73 Å². The minimum absolute atomic E-state index is 0.353. The number of nitrogens with two attached hydrogens (primary N) is 1. The lowest BCUT2D eigenvalue weighted by atomic mass is 10.0. The van der Waals surface area contributed by atoms with Crippen LogP contribution >= 0.6 is 0 Å². The van der Waals surface area contributed by atoms with E-state index in [9.17, 15) is 8.60 Å². The molecule has 2 rings (SSSR count). The Hall–Kier alpha value is -1.68. The summed E-state index contributed by atoms with van der Waals surface area (Å²) in [4.78, 5) is 0.365. The molecule has 0 saturated heterocycles. The van der Waals surface area contributed by atoms with Gasteiger partial charge >= 0.3 is 0 Å². The Labute approximate surface area is 121 Å². The molecule has 0 radical (unpaired) electrons. The standard InChI is InChI=1S/C16H18FNOS/c1-10-6-11(2)14(12(3)7-10)9-20(19)16-8-13(17)4-5-15(16)18/h4-8H,9,18H2,1-3H3. The van der Waals surface area contributed by atoms with Gasteiger partial charge in [-0.25, -0.2) is 4.39 Å². The molecule has 2 N–H and O–H groups in total. The van der Waals surface area contributed by atoms with E-state index in [1.807, 2.05) is 20.8 Å². The highest BCUT2D eigenvalue weighted by Crippen LogP contribution is 2.24. The summed E-state index contributed by atoms with van der Waals surface area (Å²) < 4.78 is 25.7. The number of aryl methyl sites for hydroxylation is 3. The zero-order valence-electron chi connectivity index (χ0n) is 11.9. The minimum Gasteiger partial charge on any atom is -0.398 e. The number of anilines is 1. The van der Waals surface area contributed by atoms with Gasteiger partial charge in [0.25, 0.3) is 0 Å². The summed E-state index contributed by atoms with van der Waals surface area (Å²) in [5, 5.41) is 0. The molecule has 106 valence electrons. The van der Waals surface area contributed by atoms with Crippen molar-refractivity contribution in [1.82, 2.24) is 0 Å². The van der Waals surface area contributed by atoms with Crippen molar-refractivity contribution in [3.8, 4) is 0 Å². The van der Waals surface area contributed by atoms with E-state index in [1.54, 1.807) is 0 Å². The summed E-state index contributed by atoms with van der Waals surface area (Å²) in [6.07, 6.45) is 0. The number of benzene rings is 2. The molecule has 20 heavy (non-hydrogen) atoms. The lowest BCUT2D eigenvalue weighted by Crippen LogP contribution is -2.04. The third-order valence-corrected chi connectivity index (χ3v) is 4.73. The van der Waals surface area contributed by atoms with Crippen molar-refractivity contribution >= 4 is 16.5 Å². The van der Waals surface area contributed by atoms with Gasteiger partial charge in [0.15, 0.2) is 0 Å². The third kappa shape index (κ3) is 3.07. The van der Waals surface area contributed by atoms with Crippen LogP contribution in [0.2, 0.25) is 0 Å². The largest absolute Gasteiger partial charge is 0.398 e. The molecular formula is C16H18FNOS. The Morgan fingerprint density at radius 2 is 1.70 bits per heavy atom. The first-order valence-electron chi connectivity index (χ1n) is 6.38. The Morgan fingerprint density at radius 1 is 1.10 bits per heavy atom. The maximum Gasteiger partial charge on any atom is 0.124 e. The topological polar surface area (TPSA) is 43.1 Å². The SMILES string of the molecule is Cc1cc(C)c(CS(=O)c2cc(F)ccc2N)c(C)c1. The van der Waals surface area contributed by atoms with Gasteiger partial charge in [0.1, 0.15) is 5.82 Å². The maximum atomic E-state index is 13.3. The zero-order valence-corrected chi connectivity index (χ0v) is 12.7. The maximum absolute atomic E-state index is 13.3. The second-order valence-corrected chi connectivity index (χ2v) is 6.47. The first-order valence-corrected chi connectivity index (χ1v) is 7.70. The molecule has 2 nitrogen and oxygen atoms in total. The van der Waals surface area contributed by atoms with E-state index in [-0.39, 0.29) is 0 Å². The summed E-state index contributed by atoms with van der Waals surface area (Å²) in [5.74, 6) is -0.0640. The number of rotatable bonds is 3. The highest BCUT2D eigenvalue weighted by Gasteiger charge is 2.13. The van der Waals surface area contributed by atoms with Gasteiger partial charge in [-0.05, 0) is 55.7 Å². The van der Waals surface area contributed by atoms with E-state index in [0.717, 1.165) is 16.7 Å². The summed E-state index contributed by atoms with van der Waals surface area (Å²) in [6.45, 7) is 6.04. The Kier molecular flexibility index (Phi) is 4.23. The molecule has 1 atom stereocenters. The number of hydrogen-bond acceptors (Lipinski definition) is 2. The summed E-state index contributed by atoms with van der Waals surface area (Å²) in [6, 6.07) is 8.11. The van der Waals surface area contributed by atoms with Gasteiger partial charge in [-0.15, -0.1) is 0 Å². The van der Waals surface area contributed by atoms with Crippen LogP contribution in [0.5, 0.6) is 0 Å². The van der Waals surface area contributed by atoms with Gasteiger partial charge in [-0.1, -0.05) is 17.7 Å². The molecule has 0 aliphatic carbocycles. The van der Waals surface area contributed by atoms with Crippen LogP contribution in [0.15, 0.2) is 35.2 Å². The van der Waals surface area contributed by atoms with Crippen LogP contribution in [0.25, 0.3) is 0 Å². The van der Waals surface area contributed by atoms with Crippen molar-refractivity contribution in [2.45, 2.75) is 31.4 Å². The molecule has 0 aliphatic rings. The number of halogens is 1. The third-order valence-electron chi connectivity index (χ3n) is 3.34. The average Bonchev–Trinajstić information content (AvgIpc) is 2.36. The molecule has 0 spiro atoms. The molecule has 0 fully saturated rings. The molecule has 2 aromatic carbocycles. The molecule has 0 heterocycles. The predicted octanol–water partition coefficient (Wildman–Crippen LogP) is 3.64. The smallest absolute Gasteiger partial charge is 0.124 e. The Morgan fingerprint density at radius 3 is 2.30 bits per heavy atom. The van der Waals surface area contributed by atoms with E-state index in [2.05, 4.69) is 12.1 Å². The van der Waals surface area contributed by atoms with Crippen molar-refractivity contribution < 1.29 is 8.60 Å². The first-order chi connectivity index (χ1) is 9.38. The molecular weight excluding hydrogens is 273 g/mol. The minimum atomic E-state index is -1.35. The zero-order chi connectivity index (χ0) is 14.9. The number of hydrogen-bond donors (Lipinski definition) is 1. The van der Waals surface area contributed by atoms with Crippen molar-refractivity contribution in [3.05, 3.63) is 58.4 Å².